The van der Waals surface area contributed by atoms with E-state index in [0.29, 0.717) is 6.54 Å². The normalized spacial score (nSPS) is 19.7. The maximum atomic E-state index is 13.6. The molecule has 0 bridgehead atoms. The number of hydrogen-bond acceptors (Lipinski definition) is 5. The number of nitrogens with zero attached hydrogens (tertiary/aromatic N) is 2. The topological polar surface area (TPSA) is 80.5 Å². The Labute approximate surface area is 186 Å². The van der Waals surface area contributed by atoms with Crippen LogP contribution in [0.25, 0.3) is 0 Å². The van der Waals surface area contributed by atoms with Crippen LogP contribution in [0.1, 0.15) is 24.4 Å². The standard InChI is InChI=1S/C23H22N2O4S2/c26-25(27)19-13-15-21(16-14-19)31(28,29)24-17-7-12-22(30-20-10-5-2-6-11-20)23(24)18-8-3-1-4-9-18/h1-6,8-11,13-16,22-23H,7,12,17H2/t22-,23+/m0/s1. The Bertz CT molecular complexity index is 1140. The zero-order chi connectivity index (χ0) is 21.8. The Balaban J connectivity index is 1.72. The van der Waals surface area contributed by atoms with Crippen molar-refractivity contribution in [2.24, 2.45) is 0 Å². The average molecular weight is 455 g/mol. The molecular formula is C23H22N2O4S2. The summed E-state index contributed by atoms with van der Waals surface area (Å²) in [5, 5.41) is 11.0. The van der Waals surface area contributed by atoms with Crippen molar-refractivity contribution in [3.8, 4) is 0 Å². The number of benzene rings is 3. The highest BCUT2D eigenvalue weighted by Gasteiger charge is 2.40. The highest BCUT2D eigenvalue weighted by molar-refractivity contribution is 8.00. The van der Waals surface area contributed by atoms with Gasteiger partial charge in [-0.1, -0.05) is 48.5 Å². The summed E-state index contributed by atoms with van der Waals surface area (Å²) in [4.78, 5) is 11.6. The molecule has 3 aromatic carbocycles. The minimum absolute atomic E-state index is 0.0476. The molecule has 1 fully saturated rings. The van der Waals surface area contributed by atoms with Gasteiger partial charge in [-0.05, 0) is 42.7 Å². The lowest BCUT2D eigenvalue weighted by molar-refractivity contribution is -0.384. The van der Waals surface area contributed by atoms with Gasteiger partial charge in [-0.2, -0.15) is 4.31 Å². The molecule has 1 aliphatic heterocycles. The van der Waals surface area contributed by atoms with E-state index in [-0.39, 0.29) is 21.9 Å². The molecule has 1 aliphatic rings. The molecule has 1 saturated heterocycles. The van der Waals surface area contributed by atoms with Crippen molar-refractivity contribution in [2.45, 2.75) is 33.9 Å². The minimum Gasteiger partial charge on any atom is -0.258 e. The van der Waals surface area contributed by atoms with E-state index in [1.165, 1.54) is 24.3 Å². The van der Waals surface area contributed by atoms with Crippen molar-refractivity contribution in [2.75, 3.05) is 6.54 Å². The van der Waals surface area contributed by atoms with Crippen LogP contribution in [0.3, 0.4) is 0 Å². The molecule has 160 valence electrons. The summed E-state index contributed by atoms with van der Waals surface area (Å²) >= 11 is 1.69. The summed E-state index contributed by atoms with van der Waals surface area (Å²) in [6.45, 7) is 0.407. The second-order valence-corrected chi connectivity index (χ2v) is 10.5. The van der Waals surface area contributed by atoms with Crippen molar-refractivity contribution in [1.29, 1.82) is 0 Å². The molecule has 8 heteroatoms. The Morgan fingerprint density at radius 3 is 2.13 bits per heavy atom. The Morgan fingerprint density at radius 1 is 0.903 bits per heavy atom. The molecule has 0 spiro atoms. The minimum atomic E-state index is -3.83. The largest absolute Gasteiger partial charge is 0.269 e. The molecule has 6 nitrogen and oxygen atoms in total. The molecule has 0 aromatic heterocycles. The van der Waals surface area contributed by atoms with Crippen LogP contribution in [0.5, 0.6) is 0 Å². The zero-order valence-corrected chi connectivity index (χ0v) is 18.3. The lowest BCUT2D eigenvalue weighted by Crippen LogP contribution is -2.44. The first kappa shape index (κ1) is 21.5. The summed E-state index contributed by atoms with van der Waals surface area (Å²) in [6.07, 6.45) is 1.64. The van der Waals surface area contributed by atoms with Crippen LogP contribution in [0.4, 0.5) is 5.69 Å². The number of hydrogen-bond donors (Lipinski definition) is 0. The molecule has 31 heavy (non-hydrogen) atoms. The molecule has 1 heterocycles. The Hall–Kier alpha value is -2.68. The van der Waals surface area contributed by atoms with Crippen LogP contribution in [0, 0.1) is 10.1 Å². The number of nitro groups is 1. The van der Waals surface area contributed by atoms with Gasteiger partial charge >= 0.3 is 0 Å². The van der Waals surface area contributed by atoms with Gasteiger partial charge in [-0.3, -0.25) is 10.1 Å². The van der Waals surface area contributed by atoms with Crippen LogP contribution in [0.15, 0.2) is 94.7 Å². The Kier molecular flexibility index (Phi) is 6.41. The van der Waals surface area contributed by atoms with Crippen LogP contribution < -0.4 is 0 Å². The van der Waals surface area contributed by atoms with Crippen LogP contribution in [-0.2, 0) is 10.0 Å². The van der Waals surface area contributed by atoms with Gasteiger partial charge in [0.05, 0.1) is 15.9 Å². The smallest absolute Gasteiger partial charge is 0.258 e. The van der Waals surface area contributed by atoms with Crippen molar-refractivity contribution >= 4 is 27.5 Å². The second kappa shape index (κ2) is 9.21. The lowest BCUT2D eigenvalue weighted by atomic mass is 9.97. The highest BCUT2D eigenvalue weighted by Crippen LogP contribution is 2.43. The summed E-state index contributed by atoms with van der Waals surface area (Å²) in [7, 11) is -3.83. The van der Waals surface area contributed by atoms with E-state index >= 15 is 0 Å². The third kappa shape index (κ3) is 4.66. The molecule has 0 N–H and O–H groups in total. The second-order valence-electron chi connectivity index (χ2n) is 7.33. The maximum absolute atomic E-state index is 13.6. The molecule has 0 aliphatic carbocycles. The van der Waals surface area contributed by atoms with Gasteiger partial charge in [0.2, 0.25) is 10.0 Å². The fraction of sp³-hybridized carbons (Fsp3) is 0.217. The number of sulfonamides is 1. The average Bonchev–Trinajstić information content (AvgIpc) is 2.80. The van der Waals surface area contributed by atoms with Crippen LogP contribution >= 0.6 is 11.8 Å². The van der Waals surface area contributed by atoms with E-state index in [1.807, 2.05) is 60.7 Å². The Morgan fingerprint density at radius 2 is 1.52 bits per heavy atom. The SMILES string of the molecule is O=[N+]([O-])c1ccc(S(=O)(=O)N2CCC[C@H](Sc3ccccc3)[C@H]2c2ccccc2)cc1. The van der Waals surface area contributed by atoms with Crippen LogP contribution in [0.2, 0.25) is 0 Å². The van der Waals surface area contributed by atoms with E-state index in [1.54, 1.807) is 16.1 Å². The van der Waals surface area contributed by atoms with E-state index < -0.39 is 14.9 Å². The lowest BCUT2D eigenvalue weighted by Gasteiger charge is -2.40. The predicted octanol–water partition coefficient (Wildman–Crippen LogP) is 5.28. The summed E-state index contributed by atoms with van der Waals surface area (Å²) < 4.78 is 28.8. The maximum Gasteiger partial charge on any atom is 0.269 e. The molecule has 0 saturated carbocycles. The monoisotopic (exact) mass is 454 g/mol. The third-order valence-corrected chi connectivity index (χ3v) is 8.59. The van der Waals surface area contributed by atoms with Crippen molar-refractivity contribution in [3.05, 3.63) is 101 Å². The number of piperidine rings is 1. The molecule has 0 unspecified atom stereocenters. The number of thioether (sulfide) groups is 1. The fourth-order valence-electron chi connectivity index (χ4n) is 3.90. The quantitative estimate of drug-likeness (QED) is 0.374. The van der Waals surface area contributed by atoms with Crippen LogP contribution in [-0.4, -0.2) is 29.4 Å². The van der Waals surface area contributed by atoms with E-state index in [4.69, 9.17) is 0 Å². The number of non-ortho nitro benzene ring substituents is 1. The first-order valence-electron chi connectivity index (χ1n) is 10.00. The zero-order valence-electron chi connectivity index (χ0n) is 16.7. The molecule has 0 radical (unpaired) electrons. The first-order valence-corrected chi connectivity index (χ1v) is 12.3. The highest BCUT2D eigenvalue weighted by atomic mass is 32.2. The van der Waals surface area contributed by atoms with Gasteiger partial charge in [-0.25, -0.2) is 8.42 Å². The summed E-state index contributed by atoms with van der Waals surface area (Å²) in [5.41, 5.74) is 0.816. The van der Waals surface area contributed by atoms with Gasteiger partial charge in [-0.15, -0.1) is 11.8 Å². The van der Waals surface area contributed by atoms with Gasteiger partial charge in [0, 0.05) is 28.8 Å². The van der Waals surface area contributed by atoms with E-state index in [0.717, 1.165) is 23.3 Å². The molecule has 0 amide bonds. The number of nitro benzene ring substituents is 1. The van der Waals surface area contributed by atoms with Crippen molar-refractivity contribution in [3.63, 3.8) is 0 Å². The van der Waals surface area contributed by atoms with Crippen molar-refractivity contribution in [1.82, 2.24) is 4.31 Å². The van der Waals surface area contributed by atoms with Gasteiger partial charge in [0.25, 0.3) is 5.69 Å². The molecule has 2 atom stereocenters. The van der Waals surface area contributed by atoms with Gasteiger partial charge < -0.3 is 0 Å². The van der Waals surface area contributed by atoms with Crippen molar-refractivity contribution < 1.29 is 13.3 Å². The number of rotatable bonds is 6. The summed E-state index contributed by atoms with van der Waals surface area (Å²) in [5.74, 6) is 0. The molecular weight excluding hydrogens is 432 g/mol. The van der Waals surface area contributed by atoms with Gasteiger partial charge in [0.1, 0.15) is 0 Å². The fourth-order valence-corrected chi connectivity index (χ4v) is 7.05. The third-order valence-electron chi connectivity index (χ3n) is 5.36. The van der Waals surface area contributed by atoms with E-state index in [9.17, 15) is 18.5 Å². The molecule has 3 aromatic rings. The first-order chi connectivity index (χ1) is 15.0. The molecule has 4 rings (SSSR count). The predicted molar refractivity (Wildman–Crippen MR) is 121 cm³/mol. The summed E-state index contributed by atoms with van der Waals surface area (Å²) in [6, 6.07) is 24.5. The van der Waals surface area contributed by atoms with E-state index in [2.05, 4.69) is 0 Å². The van der Waals surface area contributed by atoms with Gasteiger partial charge in [0.15, 0.2) is 0 Å².